The van der Waals surface area contributed by atoms with Crippen LogP contribution in [0.1, 0.15) is 11.6 Å². The Kier molecular flexibility index (Phi) is 4.90. The molecule has 112 valence electrons. The smallest absolute Gasteiger partial charge is 0.252 e. The predicted molar refractivity (Wildman–Crippen MR) is 81.5 cm³/mol. The third kappa shape index (κ3) is 3.98. The number of likely N-dealkylation sites (N-methyl/N-ethyl adjacent to an activating group) is 1. The first-order valence-corrected chi connectivity index (χ1v) is 7.14. The minimum absolute atomic E-state index is 0.235. The molecule has 0 fully saturated rings. The lowest BCUT2D eigenvalue weighted by Gasteiger charge is -2.24. The fourth-order valence-electron chi connectivity index (χ4n) is 2.19. The van der Waals surface area contributed by atoms with E-state index in [2.05, 4.69) is 15.9 Å². The lowest BCUT2D eigenvalue weighted by molar-refractivity contribution is 0.345. The maximum absolute atomic E-state index is 13.5. The van der Waals surface area contributed by atoms with Crippen LogP contribution < -0.4 is 5.56 Å². The highest BCUT2D eigenvalue weighted by molar-refractivity contribution is 9.10. The molecule has 0 aliphatic carbocycles. The third-order valence-electron chi connectivity index (χ3n) is 3.05. The SMILES string of the molecule is CN(C)CC(c1cc(F)cc(F)c1)n1ccc(Br)cc1=O. The van der Waals surface area contributed by atoms with Crippen LogP contribution >= 0.6 is 15.9 Å². The van der Waals surface area contributed by atoms with Gasteiger partial charge in [-0.05, 0) is 37.9 Å². The van der Waals surface area contributed by atoms with Crippen molar-refractivity contribution in [1.82, 2.24) is 9.47 Å². The van der Waals surface area contributed by atoms with E-state index in [0.29, 0.717) is 16.6 Å². The Bertz CT molecular complexity index is 680. The summed E-state index contributed by atoms with van der Waals surface area (Å²) in [7, 11) is 3.68. The quantitative estimate of drug-likeness (QED) is 0.841. The molecule has 0 saturated carbocycles. The van der Waals surface area contributed by atoms with Crippen LogP contribution in [0.5, 0.6) is 0 Å². The van der Waals surface area contributed by atoms with Crippen molar-refractivity contribution in [2.24, 2.45) is 0 Å². The van der Waals surface area contributed by atoms with Crippen molar-refractivity contribution in [3.63, 3.8) is 0 Å². The van der Waals surface area contributed by atoms with Crippen LogP contribution in [0.2, 0.25) is 0 Å². The maximum Gasteiger partial charge on any atom is 0.252 e. The Morgan fingerprint density at radius 2 is 1.81 bits per heavy atom. The van der Waals surface area contributed by atoms with E-state index in [0.717, 1.165) is 6.07 Å². The van der Waals surface area contributed by atoms with Crippen molar-refractivity contribution >= 4 is 15.9 Å². The fourth-order valence-corrected chi connectivity index (χ4v) is 2.50. The lowest BCUT2D eigenvalue weighted by atomic mass is 10.1. The molecule has 0 radical (unpaired) electrons. The van der Waals surface area contributed by atoms with Gasteiger partial charge in [0.15, 0.2) is 0 Å². The summed E-state index contributed by atoms with van der Waals surface area (Å²) < 4.78 is 29.1. The summed E-state index contributed by atoms with van der Waals surface area (Å²) in [4.78, 5) is 14.0. The summed E-state index contributed by atoms with van der Waals surface area (Å²) in [6.45, 7) is 0.449. The standard InChI is InChI=1S/C15H15BrF2N2O/c1-19(2)9-14(10-5-12(17)8-13(18)6-10)20-4-3-11(16)7-15(20)21/h3-8,14H,9H2,1-2H3. The van der Waals surface area contributed by atoms with Gasteiger partial charge in [0.2, 0.25) is 0 Å². The Hall–Kier alpha value is -1.53. The Balaban J connectivity index is 2.54. The molecule has 2 aromatic rings. The van der Waals surface area contributed by atoms with E-state index in [4.69, 9.17) is 0 Å². The zero-order chi connectivity index (χ0) is 15.6. The molecule has 0 aliphatic heterocycles. The predicted octanol–water partition coefficient (Wildman–Crippen LogP) is 3.04. The summed E-state index contributed by atoms with van der Waals surface area (Å²) >= 11 is 3.23. The second-order valence-electron chi connectivity index (χ2n) is 5.07. The Labute approximate surface area is 129 Å². The Morgan fingerprint density at radius 3 is 2.33 bits per heavy atom. The van der Waals surface area contributed by atoms with E-state index < -0.39 is 17.7 Å². The van der Waals surface area contributed by atoms with Gasteiger partial charge in [-0.1, -0.05) is 15.9 Å². The van der Waals surface area contributed by atoms with Crippen LogP contribution in [0.15, 0.2) is 45.8 Å². The molecule has 3 nitrogen and oxygen atoms in total. The highest BCUT2D eigenvalue weighted by atomic mass is 79.9. The van der Waals surface area contributed by atoms with Gasteiger partial charge in [-0.15, -0.1) is 0 Å². The van der Waals surface area contributed by atoms with E-state index >= 15 is 0 Å². The highest BCUT2D eigenvalue weighted by Crippen LogP contribution is 2.21. The molecule has 6 heteroatoms. The topological polar surface area (TPSA) is 25.2 Å². The normalized spacial score (nSPS) is 12.7. The van der Waals surface area contributed by atoms with Crippen LogP contribution in [0.25, 0.3) is 0 Å². The molecule has 1 atom stereocenters. The average Bonchev–Trinajstić information content (AvgIpc) is 2.35. The van der Waals surface area contributed by atoms with Gasteiger partial charge in [0.25, 0.3) is 5.56 Å². The molecule has 1 heterocycles. The number of rotatable bonds is 4. The number of halogens is 3. The molecule has 0 spiro atoms. The first-order valence-electron chi connectivity index (χ1n) is 6.35. The monoisotopic (exact) mass is 356 g/mol. The van der Waals surface area contributed by atoms with Crippen LogP contribution in [-0.2, 0) is 0 Å². The van der Waals surface area contributed by atoms with Gasteiger partial charge in [-0.2, -0.15) is 0 Å². The molecule has 0 amide bonds. The van der Waals surface area contributed by atoms with E-state index in [1.807, 2.05) is 19.0 Å². The molecule has 1 aromatic heterocycles. The first kappa shape index (κ1) is 15.9. The summed E-state index contributed by atoms with van der Waals surface area (Å²) in [6.07, 6.45) is 1.61. The van der Waals surface area contributed by atoms with Gasteiger partial charge in [-0.25, -0.2) is 8.78 Å². The minimum Gasteiger partial charge on any atom is -0.307 e. The number of nitrogens with zero attached hydrogens (tertiary/aromatic N) is 2. The van der Waals surface area contributed by atoms with Crippen molar-refractivity contribution in [1.29, 1.82) is 0 Å². The minimum atomic E-state index is -0.654. The molecule has 0 aliphatic rings. The van der Waals surface area contributed by atoms with Crippen LogP contribution in [0.4, 0.5) is 8.78 Å². The molecule has 0 N–H and O–H groups in total. The Morgan fingerprint density at radius 1 is 1.19 bits per heavy atom. The zero-order valence-corrected chi connectivity index (χ0v) is 13.3. The van der Waals surface area contributed by atoms with Crippen LogP contribution in [0, 0.1) is 11.6 Å². The largest absolute Gasteiger partial charge is 0.307 e. The van der Waals surface area contributed by atoms with E-state index in [1.54, 1.807) is 12.3 Å². The second-order valence-corrected chi connectivity index (χ2v) is 5.99. The summed E-state index contributed by atoms with van der Waals surface area (Å²) in [5.41, 5.74) is 0.187. The van der Waals surface area contributed by atoms with Gasteiger partial charge < -0.3 is 9.47 Å². The summed E-state index contributed by atoms with van der Waals surface area (Å²) in [5, 5.41) is 0. The summed E-state index contributed by atoms with van der Waals surface area (Å²) in [5.74, 6) is -1.31. The van der Waals surface area contributed by atoms with Gasteiger partial charge >= 0.3 is 0 Å². The number of benzene rings is 1. The van der Waals surface area contributed by atoms with Gasteiger partial charge in [0.05, 0.1) is 6.04 Å². The van der Waals surface area contributed by atoms with Crippen LogP contribution in [0.3, 0.4) is 0 Å². The van der Waals surface area contributed by atoms with Crippen molar-refractivity contribution in [2.45, 2.75) is 6.04 Å². The van der Waals surface area contributed by atoms with E-state index in [9.17, 15) is 13.6 Å². The lowest BCUT2D eigenvalue weighted by Crippen LogP contribution is -2.32. The molecule has 2 rings (SSSR count). The third-order valence-corrected chi connectivity index (χ3v) is 3.55. The molecule has 0 saturated heterocycles. The first-order chi connectivity index (χ1) is 9.86. The summed E-state index contributed by atoms with van der Waals surface area (Å²) in [6, 6.07) is 6.02. The number of pyridine rings is 1. The molecular weight excluding hydrogens is 342 g/mol. The van der Waals surface area contributed by atoms with Crippen molar-refractivity contribution in [3.05, 3.63) is 68.6 Å². The maximum atomic E-state index is 13.5. The van der Waals surface area contributed by atoms with Gasteiger partial charge in [-0.3, -0.25) is 4.79 Å². The average molecular weight is 357 g/mol. The van der Waals surface area contributed by atoms with Crippen molar-refractivity contribution in [3.8, 4) is 0 Å². The molecule has 0 bridgehead atoms. The van der Waals surface area contributed by atoms with E-state index in [1.165, 1.54) is 22.8 Å². The van der Waals surface area contributed by atoms with Crippen molar-refractivity contribution in [2.75, 3.05) is 20.6 Å². The van der Waals surface area contributed by atoms with Gasteiger partial charge in [0.1, 0.15) is 11.6 Å². The number of aromatic nitrogens is 1. The molecule has 1 unspecified atom stereocenters. The fraction of sp³-hybridized carbons (Fsp3) is 0.267. The van der Waals surface area contributed by atoms with Crippen LogP contribution in [-0.4, -0.2) is 30.1 Å². The molecule has 21 heavy (non-hydrogen) atoms. The molecular formula is C15H15BrF2N2O. The molecule has 1 aromatic carbocycles. The van der Waals surface area contributed by atoms with Crippen molar-refractivity contribution < 1.29 is 8.78 Å². The zero-order valence-electron chi connectivity index (χ0n) is 11.7. The number of hydrogen-bond acceptors (Lipinski definition) is 2. The van der Waals surface area contributed by atoms with E-state index in [-0.39, 0.29) is 5.56 Å². The second kappa shape index (κ2) is 6.49. The van der Waals surface area contributed by atoms with Gasteiger partial charge in [0, 0.05) is 29.3 Å². The highest BCUT2D eigenvalue weighted by Gasteiger charge is 2.18. The number of hydrogen-bond donors (Lipinski definition) is 0.